The molecule has 0 aliphatic heterocycles. The molecular weight excluding hydrogens is 166 g/mol. The minimum absolute atomic E-state index is 0.182. The average molecular weight is 181 g/mol. The van der Waals surface area contributed by atoms with Crippen LogP contribution in [0, 0.1) is 0 Å². The molecule has 0 aliphatic rings. The van der Waals surface area contributed by atoms with Gasteiger partial charge in [0.05, 0.1) is 0 Å². The molecule has 0 amide bonds. The Morgan fingerprint density at radius 2 is 2.08 bits per heavy atom. The van der Waals surface area contributed by atoms with Gasteiger partial charge in [0.25, 0.3) is 0 Å². The van der Waals surface area contributed by atoms with Crippen LogP contribution in [0.3, 0.4) is 0 Å². The second-order valence-electron chi connectivity index (χ2n) is 3.64. The van der Waals surface area contributed by atoms with Crippen LogP contribution in [0.15, 0.2) is 23.2 Å². The van der Waals surface area contributed by atoms with Crippen LogP contribution in [-0.4, -0.2) is 4.98 Å². The Balaban J connectivity index is 2.96. The van der Waals surface area contributed by atoms with E-state index in [0.717, 1.165) is 17.0 Å². The third kappa shape index (κ3) is 2.01. The molecule has 0 spiro atoms. The summed E-state index contributed by atoms with van der Waals surface area (Å²) in [7, 11) is 0. The molecule has 12 heavy (non-hydrogen) atoms. The van der Waals surface area contributed by atoms with Crippen LogP contribution < -0.4 is 0 Å². The Hall–Kier alpha value is -0.500. The summed E-state index contributed by atoms with van der Waals surface area (Å²) in [6.45, 7) is 6.58. The van der Waals surface area contributed by atoms with Crippen LogP contribution in [0.25, 0.3) is 0 Å². The van der Waals surface area contributed by atoms with Crippen LogP contribution >= 0.6 is 12.6 Å². The topological polar surface area (TPSA) is 12.9 Å². The number of thiol groups is 1. The lowest BCUT2D eigenvalue weighted by molar-refractivity contribution is 0.489. The first-order valence-electron chi connectivity index (χ1n) is 4.22. The summed E-state index contributed by atoms with van der Waals surface area (Å²) >= 11 is 4.19. The Morgan fingerprint density at radius 1 is 1.42 bits per heavy atom. The maximum Gasteiger partial charge on any atom is 0.0460 e. The SMILES string of the molecule is CCC(C)(C)c1ccc(S)cn1. The van der Waals surface area contributed by atoms with Crippen molar-refractivity contribution in [1.29, 1.82) is 0 Å². The van der Waals surface area contributed by atoms with E-state index < -0.39 is 0 Å². The van der Waals surface area contributed by atoms with Crippen molar-refractivity contribution >= 4 is 12.6 Å². The van der Waals surface area contributed by atoms with Crippen LogP contribution in [0.5, 0.6) is 0 Å². The van der Waals surface area contributed by atoms with E-state index in [2.05, 4.69) is 38.4 Å². The van der Waals surface area contributed by atoms with Crippen LogP contribution in [0.1, 0.15) is 32.9 Å². The Labute approximate surface area is 79.6 Å². The molecule has 2 heteroatoms. The third-order valence-corrected chi connectivity index (χ3v) is 2.59. The van der Waals surface area contributed by atoms with Crippen molar-refractivity contribution < 1.29 is 0 Å². The summed E-state index contributed by atoms with van der Waals surface area (Å²) in [5, 5.41) is 0. The summed E-state index contributed by atoms with van der Waals surface area (Å²) in [5.74, 6) is 0. The van der Waals surface area contributed by atoms with Crippen LogP contribution in [0.4, 0.5) is 0 Å². The second kappa shape index (κ2) is 3.48. The zero-order chi connectivity index (χ0) is 9.19. The van der Waals surface area contributed by atoms with Crippen LogP contribution in [0.2, 0.25) is 0 Å². The lowest BCUT2D eigenvalue weighted by Gasteiger charge is -2.21. The molecule has 0 saturated heterocycles. The monoisotopic (exact) mass is 181 g/mol. The van der Waals surface area contributed by atoms with E-state index in [0.29, 0.717) is 0 Å². The average Bonchev–Trinajstić information content (AvgIpc) is 2.05. The molecule has 0 saturated carbocycles. The normalized spacial score (nSPS) is 11.7. The molecule has 1 nitrogen and oxygen atoms in total. The zero-order valence-corrected chi connectivity index (χ0v) is 8.73. The third-order valence-electron chi connectivity index (χ3n) is 2.33. The van der Waals surface area contributed by atoms with Gasteiger partial charge >= 0.3 is 0 Å². The van der Waals surface area contributed by atoms with E-state index in [1.807, 2.05) is 12.1 Å². The Bertz CT molecular complexity index is 251. The van der Waals surface area contributed by atoms with Gasteiger partial charge in [-0.25, -0.2) is 0 Å². The van der Waals surface area contributed by atoms with Gasteiger partial charge in [-0.15, -0.1) is 12.6 Å². The lowest BCUT2D eigenvalue weighted by atomic mass is 9.86. The molecule has 1 rings (SSSR count). The summed E-state index contributed by atoms with van der Waals surface area (Å²) in [6, 6.07) is 4.04. The first-order valence-corrected chi connectivity index (χ1v) is 4.66. The van der Waals surface area contributed by atoms with E-state index in [1.54, 1.807) is 6.20 Å². The van der Waals surface area contributed by atoms with Gasteiger partial charge < -0.3 is 0 Å². The van der Waals surface area contributed by atoms with Crippen molar-refractivity contribution in [3.05, 3.63) is 24.0 Å². The highest BCUT2D eigenvalue weighted by Crippen LogP contribution is 2.24. The Morgan fingerprint density at radius 3 is 2.50 bits per heavy atom. The smallest absolute Gasteiger partial charge is 0.0460 e. The molecule has 0 aliphatic carbocycles. The number of pyridine rings is 1. The van der Waals surface area contributed by atoms with Crippen molar-refractivity contribution in [3.63, 3.8) is 0 Å². The fourth-order valence-electron chi connectivity index (χ4n) is 0.968. The fraction of sp³-hybridized carbons (Fsp3) is 0.500. The minimum Gasteiger partial charge on any atom is -0.260 e. The maximum atomic E-state index is 4.34. The van der Waals surface area contributed by atoms with Gasteiger partial charge in [-0.3, -0.25) is 4.98 Å². The first kappa shape index (κ1) is 9.59. The highest BCUT2D eigenvalue weighted by molar-refractivity contribution is 7.80. The molecule has 1 aromatic rings. The second-order valence-corrected chi connectivity index (χ2v) is 4.16. The van der Waals surface area contributed by atoms with Crippen molar-refractivity contribution in [1.82, 2.24) is 4.98 Å². The van der Waals surface area contributed by atoms with Gasteiger partial charge in [-0.1, -0.05) is 20.8 Å². The number of aromatic nitrogens is 1. The quantitative estimate of drug-likeness (QED) is 0.692. The van der Waals surface area contributed by atoms with Crippen molar-refractivity contribution in [2.75, 3.05) is 0 Å². The van der Waals surface area contributed by atoms with Crippen LogP contribution in [-0.2, 0) is 5.41 Å². The molecule has 0 bridgehead atoms. The molecule has 66 valence electrons. The lowest BCUT2D eigenvalue weighted by Crippen LogP contribution is -2.16. The summed E-state index contributed by atoms with van der Waals surface area (Å²) in [6.07, 6.45) is 2.90. The molecule has 0 aromatic carbocycles. The number of hydrogen-bond acceptors (Lipinski definition) is 2. The van der Waals surface area contributed by atoms with Crippen molar-refractivity contribution in [3.8, 4) is 0 Å². The number of rotatable bonds is 2. The molecule has 0 radical (unpaired) electrons. The van der Waals surface area contributed by atoms with Gasteiger partial charge in [0, 0.05) is 22.2 Å². The predicted octanol–water partition coefficient (Wildman–Crippen LogP) is 3.06. The zero-order valence-electron chi connectivity index (χ0n) is 7.83. The summed E-state index contributed by atoms with van der Waals surface area (Å²) < 4.78 is 0. The van der Waals surface area contributed by atoms with Crippen molar-refractivity contribution in [2.24, 2.45) is 0 Å². The largest absolute Gasteiger partial charge is 0.260 e. The van der Waals surface area contributed by atoms with E-state index in [1.165, 1.54) is 0 Å². The highest BCUT2D eigenvalue weighted by Gasteiger charge is 2.18. The summed E-state index contributed by atoms with van der Waals surface area (Å²) in [5.41, 5.74) is 1.32. The molecule has 1 aromatic heterocycles. The maximum absolute atomic E-state index is 4.34. The number of hydrogen-bond donors (Lipinski definition) is 1. The highest BCUT2D eigenvalue weighted by atomic mass is 32.1. The molecule has 0 atom stereocenters. The minimum atomic E-state index is 0.182. The van der Waals surface area contributed by atoms with Gasteiger partial charge in [0.15, 0.2) is 0 Å². The van der Waals surface area contributed by atoms with E-state index in [9.17, 15) is 0 Å². The van der Waals surface area contributed by atoms with Crippen molar-refractivity contribution in [2.45, 2.75) is 37.5 Å². The van der Waals surface area contributed by atoms with Gasteiger partial charge in [-0.2, -0.15) is 0 Å². The predicted molar refractivity (Wildman–Crippen MR) is 54.8 cm³/mol. The van der Waals surface area contributed by atoms with E-state index in [4.69, 9.17) is 0 Å². The molecule has 0 N–H and O–H groups in total. The summed E-state index contributed by atoms with van der Waals surface area (Å²) in [4.78, 5) is 5.27. The molecular formula is C10H15NS. The molecule has 1 heterocycles. The standard InChI is InChI=1S/C10H15NS/c1-4-10(2,3)9-6-5-8(12)7-11-9/h5-7,12H,4H2,1-3H3. The first-order chi connectivity index (χ1) is 5.56. The van der Waals surface area contributed by atoms with Gasteiger partial charge in [0.1, 0.15) is 0 Å². The van der Waals surface area contributed by atoms with Gasteiger partial charge in [-0.05, 0) is 18.6 Å². The van der Waals surface area contributed by atoms with Gasteiger partial charge in [0.2, 0.25) is 0 Å². The van der Waals surface area contributed by atoms with E-state index >= 15 is 0 Å². The van der Waals surface area contributed by atoms with E-state index in [-0.39, 0.29) is 5.41 Å². The number of nitrogens with zero attached hydrogens (tertiary/aromatic N) is 1. The molecule has 0 unspecified atom stereocenters. The Kier molecular flexibility index (Phi) is 2.78. The fourth-order valence-corrected chi connectivity index (χ4v) is 1.10. The molecule has 0 fully saturated rings.